The zero-order chi connectivity index (χ0) is 15.4. The first-order valence-corrected chi connectivity index (χ1v) is 7.86. The maximum atomic E-state index is 11.5. The van der Waals surface area contributed by atoms with E-state index in [1.807, 2.05) is 12.1 Å². The average Bonchev–Trinajstić information content (AvgIpc) is 2.98. The van der Waals surface area contributed by atoms with E-state index in [2.05, 4.69) is 6.92 Å². The Morgan fingerprint density at radius 3 is 2.68 bits per heavy atom. The summed E-state index contributed by atoms with van der Waals surface area (Å²) in [6.45, 7) is 2.79. The molecule has 0 unspecified atom stereocenters. The van der Waals surface area contributed by atoms with Crippen LogP contribution in [0.3, 0.4) is 0 Å². The van der Waals surface area contributed by atoms with Crippen LogP contribution in [-0.4, -0.2) is 6.61 Å². The van der Waals surface area contributed by atoms with E-state index in [1.165, 1.54) is 25.3 Å². The molecular formula is C18H20O4. The third-order valence-corrected chi connectivity index (χ3v) is 3.78. The average molecular weight is 300 g/mol. The fraction of sp³-hybridized carbons (Fsp3) is 0.389. The second kappa shape index (κ2) is 6.69. The number of furan rings is 1. The molecule has 0 aliphatic heterocycles. The Bertz CT molecular complexity index is 813. The van der Waals surface area contributed by atoms with Crippen LogP contribution in [0.25, 0.3) is 21.9 Å². The summed E-state index contributed by atoms with van der Waals surface area (Å²) in [5.74, 6) is 0.533. The zero-order valence-electron chi connectivity index (χ0n) is 12.8. The predicted octanol–water partition coefficient (Wildman–Crippen LogP) is 4.89. The lowest BCUT2D eigenvalue weighted by molar-refractivity contribution is 0.302. The molecule has 0 N–H and O–H groups in total. The molecule has 0 radical (unpaired) electrons. The largest absolute Gasteiger partial charge is 0.486 e. The van der Waals surface area contributed by atoms with Crippen molar-refractivity contribution in [1.29, 1.82) is 0 Å². The van der Waals surface area contributed by atoms with Gasteiger partial charge in [0.25, 0.3) is 0 Å². The van der Waals surface area contributed by atoms with Crippen molar-refractivity contribution in [3.8, 4) is 5.75 Å². The SMILES string of the molecule is CCCCCCCOc1c2occc2cc2ccc(=O)oc12. The highest BCUT2D eigenvalue weighted by molar-refractivity contribution is 5.99. The predicted molar refractivity (Wildman–Crippen MR) is 86.5 cm³/mol. The van der Waals surface area contributed by atoms with Crippen LogP contribution in [0.2, 0.25) is 0 Å². The minimum absolute atomic E-state index is 0.383. The van der Waals surface area contributed by atoms with Crippen LogP contribution in [0.1, 0.15) is 39.0 Å². The molecular weight excluding hydrogens is 280 g/mol. The van der Waals surface area contributed by atoms with Crippen molar-refractivity contribution in [3.05, 3.63) is 40.9 Å². The van der Waals surface area contributed by atoms with Gasteiger partial charge in [-0.15, -0.1) is 0 Å². The Labute approximate surface area is 128 Å². The molecule has 1 aromatic carbocycles. The van der Waals surface area contributed by atoms with Crippen LogP contribution in [0.15, 0.2) is 44.2 Å². The third-order valence-electron chi connectivity index (χ3n) is 3.78. The molecule has 22 heavy (non-hydrogen) atoms. The Hall–Kier alpha value is -2.23. The quantitative estimate of drug-likeness (QED) is 0.460. The normalized spacial score (nSPS) is 11.3. The monoisotopic (exact) mass is 300 g/mol. The van der Waals surface area contributed by atoms with Gasteiger partial charge in [-0.05, 0) is 24.6 Å². The fourth-order valence-electron chi connectivity index (χ4n) is 2.62. The highest BCUT2D eigenvalue weighted by atomic mass is 16.5. The van der Waals surface area contributed by atoms with Crippen molar-refractivity contribution in [2.45, 2.75) is 39.0 Å². The molecule has 4 nitrogen and oxygen atoms in total. The van der Waals surface area contributed by atoms with Gasteiger partial charge in [0.1, 0.15) is 0 Å². The van der Waals surface area contributed by atoms with Gasteiger partial charge in [-0.3, -0.25) is 0 Å². The molecule has 4 heteroatoms. The molecule has 0 bridgehead atoms. The van der Waals surface area contributed by atoms with Gasteiger partial charge in [0.05, 0.1) is 12.9 Å². The Kier molecular flexibility index (Phi) is 4.47. The van der Waals surface area contributed by atoms with Crippen LogP contribution in [0, 0.1) is 0 Å². The molecule has 0 aliphatic carbocycles. The zero-order valence-corrected chi connectivity index (χ0v) is 12.8. The van der Waals surface area contributed by atoms with E-state index >= 15 is 0 Å². The van der Waals surface area contributed by atoms with Gasteiger partial charge in [0.15, 0.2) is 11.2 Å². The minimum atomic E-state index is -0.383. The Balaban J connectivity index is 1.86. The Morgan fingerprint density at radius 1 is 1.00 bits per heavy atom. The van der Waals surface area contributed by atoms with Crippen molar-refractivity contribution in [2.75, 3.05) is 6.61 Å². The van der Waals surface area contributed by atoms with E-state index in [0.29, 0.717) is 23.5 Å². The smallest absolute Gasteiger partial charge is 0.336 e. The van der Waals surface area contributed by atoms with Crippen LogP contribution in [-0.2, 0) is 0 Å². The molecule has 0 saturated carbocycles. The fourth-order valence-corrected chi connectivity index (χ4v) is 2.62. The lowest BCUT2D eigenvalue weighted by Gasteiger charge is -2.09. The minimum Gasteiger partial charge on any atom is -0.486 e. The van der Waals surface area contributed by atoms with E-state index in [1.54, 1.807) is 12.3 Å². The van der Waals surface area contributed by atoms with Crippen molar-refractivity contribution < 1.29 is 13.6 Å². The lowest BCUT2D eigenvalue weighted by atomic mass is 10.1. The van der Waals surface area contributed by atoms with E-state index in [9.17, 15) is 4.79 Å². The lowest BCUT2D eigenvalue weighted by Crippen LogP contribution is -2.01. The second-order valence-corrected chi connectivity index (χ2v) is 5.48. The summed E-state index contributed by atoms with van der Waals surface area (Å²) in [5.41, 5.74) is 0.713. The third kappa shape index (κ3) is 3.01. The first kappa shape index (κ1) is 14.7. The molecule has 0 saturated heterocycles. The number of hydrogen-bond donors (Lipinski definition) is 0. The van der Waals surface area contributed by atoms with Crippen molar-refractivity contribution in [1.82, 2.24) is 0 Å². The van der Waals surface area contributed by atoms with E-state index in [0.717, 1.165) is 23.6 Å². The van der Waals surface area contributed by atoms with Gasteiger partial charge in [-0.1, -0.05) is 32.6 Å². The molecule has 116 valence electrons. The first-order valence-electron chi connectivity index (χ1n) is 7.86. The van der Waals surface area contributed by atoms with Gasteiger partial charge in [0.2, 0.25) is 5.75 Å². The molecule has 0 aliphatic rings. The summed E-state index contributed by atoms with van der Waals surface area (Å²) in [7, 11) is 0. The van der Waals surface area contributed by atoms with E-state index in [-0.39, 0.29) is 5.63 Å². The molecule has 0 amide bonds. The summed E-state index contributed by atoms with van der Waals surface area (Å²) in [6.07, 6.45) is 7.45. The van der Waals surface area contributed by atoms with Crippen molar-refractivity contribution >= 4 is 21.9 Å². The van der Waals surface area contributed by atoms with Crippen LogP contribution in [0.5, 0.6) is 5.75 Å². The van der Waals surface area contributed by atoms with Gasteiger partial charge in [0, 0.05) is 16.8 Å². The molecule has 2 heterocycles. The van der Waals surface area contributed by atoms with Gasteiger partial charge < -0.3 is 13.6 Å². The molecule has 3 aromatic rings. The summed E-state index contributed by atoms with van der Waals surface area (Å²) in [6, 6.07) is 6.99. The number of rotatable bonds is 7. The number of unbranched alkanes of at least 4 members (excludes halogenated alkanes) is 4. The van der Waals surface area contributed by atoms with Gasteiger partial charge in [-0.25, -0.2) is 4.79 Å². The molecule has 3 rings (SSSR count). The number of ether oxygens (including phenoxy) is 1. The molecule has 0 spiro atoms. The highest BCUT2D eigenvalue weighted by Crippen LogP contribution is 2.35. The molecule has 0 atom stereocenters. The number of fused-ring (bicyclic) bond motifs is 2. The number of benzene rings is 1. The van der Waals surface area contributed by atoms with E-state index in [4.69, 9.17) is 13.6 Å². The number of hydrogen-bond acceptors (Lipinski definition) is 4. The maximum Gasteiger partial charge on any atom is 0.336 e. The van der Waals surface area contributed by atoms with Crippen molar-refractivity contribution in [3.63, 3.8) is 0 Å². The first-order chi connectivity index (χ1) is 10.8. The van der Waals surface area contributed by atoms with Crippen LogP contribution >= 0.6 is 0 Å². The van der Waals surface area contributed by atoms with Gasteiger partial charge >= 0.3 is 5.63 Å². The van der Waals surface area contributed by atoms with Gasteiger partial charge in [-0.2, -0.15) is 0 Å². The summed E-state index contributed by atoms with van der Waals surface area (Å²) < 4.78 is 16.7. The van der Waals surface area contributed by atoms with Crippen LogP contribution < -0.4 is 10.4 Å². The topological polar surface area (TPSA) is 52.6 Å². The van der Waals surface area contributed by atoms with E-state index < -0.39 is 0 Å². The van der Waals surface area contributed by atoms with Crippen molar-refractivity contribution in [2.24, 2.45) is 0 Å². The summed E-state index contributed by atoms with van der Waals surface area (Å²) >= 11 is 0. The second-order valence-electron chi connectivity index (χ2n) is 5.48. The Morgan fingerprint density at radius 2 is 1.82 bits per heavy atom. The highest BCUT2D eigenvalue weighted by Gasteiger charge is 2.14. The molecule has 2 aromatic heterocycles. The molecule has 0 fully saturated rings. The summed E-state index contributed by atoms with van der Waals surface area (Å²) in [4.78, 5) is 11.5. The maximum absolute atomic E-state index is 11.5. The summed E-state index contributed by atoms with van der Waals surface area (Å²) in [5, 5.41) is 1.79. The van der Waals surface area contributed by atoms with Crippen LogP contribution in [0.4, 0.5) is 0 Å². The standard InChI is InChI=1S/C18H20O4/c1-2-3-4-5-6-10-20-18-16-14(9-11-21-16)12-13-7-8-15(19)22-17(13)18/h7-9,11-12H,2-6,10H2,1H3.